The average molecular weight is 256 g/mol. The van der Waals surface area contributed by atoms with E-state index in [9.17, 15) is 5.11 Å². The maximum atomic E-state index is 9.22. The standard InChI is InChI=1S/C17H20O2/c1-12(2)19-16-8-6-15(7-9-16)17-10-14(11-18)5-4-13(17)3/h4-10,12,18H,11H2,1-3H3. The molecule has 100 valence electrons. The van der Waals surface area contributed by atoms with E-state index in [4.69, 9.17) is 4.74 Å². The van der Waals surface area contributed by atoms with Crippen LogP contribution in [0.1, 0.15) is 25.0 Å². The van der Waals surface area contributed by atoms with Crippen molar-refractivity contribution in [3.8, 4) is 16.9 Å². The monoisotopic (exact) mass is 256 g/mol. The summed E-state index contributed by atoms with van der Waals surface area (Å²) in [4.78, 5) is 0. The van der Waals surface area contributed by atoms with E-state index < -0.39 is 0 Å². The summed E-state index contributed by atoms with van der Waals surface area (Å²) in [6.07, 6.45) is 0.185. The van der Waals surface area contributed by atoms with Crippen LogP contribution >= 0.6 is 0 Å². The second-order valence-corrected chi connectivity index (χ2v) is 5.00. The van der Waals surface area contributed by atoms with Gasteiger partial charge in [-0.3, -0.25) is 0 Å². The van der Waals surface area contributed by atoms with Gasteiger partial charge >= 0.3 is 0 Å². The van der Waals surface area contributed by atoms with E-state index in [-0.39, 0.29) is 12.7 Å². The maximum Gasteiger partial charge on any atom is 0.119 e. The Kier molecular flexibility index (Phi) is 4.23. The van der Waals surface area contributed by atoms with E-state index in [1.165, 1.54) is 5.56 Å². The van der Waals surface area contributed by atoms with Crippen molar-refractivity contribution in [1.29, 1.82) is 0 Å². The first-order valence-corrected chi connectivity index (χ1v) is 6.57. The van der Waals surface area contributed by atoms with Gasteiger partial charge in [-0.25, -0.2) is 0 Å². The topological polar surface area (TPSA) is 29.5 Å². The first-order valence-electron chi connectivity index (χ1n) is 6.57. The van der Waals surface area contributed by atoms with Gasteiger partial charge in [0.25, 0.3) is 0 Å². The van der Waals surface area contributed by atoms with Crippen molar-refractivity contribution in [3.63, 3.8) is 0 Å². The number of aliphatic hydroxyl groups excluding tert-OH is 1. The number of benzene rings is 2. The van der Waals surface area contributed by atoms with Gasteiger partial charge in [-0.05, 0) is 61.2 Å². The van der Waals surface area contributed by atoms with Crippen LogP contribution in [0.4, 0.5) is 0 Å². The lowest BCUT2D eigenvalue weighted by Gasteiger charge is -2.12. The van der Waals surface area contributed by atoms with Crippen LogP contribution in [0.25, 0.3) is 11.1 Å². The molecule has 0 radical (unpaired) electrons. The molecule has 0 aliphatic carbocycles. The number of rotatable bonds is 4. The van der Waals surface area contributed by atoms with Crippen LogP contribution in [0, 0.1) is 6.92 Å². The Bertz CT molecular complexity index is 542. The molecule has 0 unspecified atom stereocenters. The van der Waals surface area contributed by atoms with Gasteiger partial charge in [-0.1, -0.05) is 24.3 Å². The van der Waals surface area contributed by atoms with Crippen molar-refractivity contribution < 1.29 is 9.84 Å². The normalized spacial score (nSPS) is 10.8. The van der Waals surface area contributed by atoms with E-state index in [1.54, 1.807) is 0 Å². The Hall–Kier alpha value is -1.80. The van der Waals surface area contributed by atoms with Crippen molar-refractivity contribution >= 4 is 0 Å². The third-order valence-electron chi connectivity index (χ3n) is 3.02. The molecule has 2 nitrogen and oxygen atoms in total. The lowest BCUT2D eigenvalue weighted by atomic mass is 9.98. The second-order valence-electron chi connectivity index (χ2n) is 5.00. The zero-order valence-electron chi connectivity index (χ0n) is 11.7. The lowest BCUT2D eigenvalue weighted by molar-refractivity contribution is 0.242. The molecule has 2 rings (SSSR count). The molecule has 2 aromatic carbocycles. The molecule has 0 amide bonds. The minimum Gasteiger partial charge on any atom is -0.491 e. The fourth-order valence-corrected chi connectivity index (χ4v) is 2.06. The van der Waals surface area contributed by atoms with Crippen LogP contribution in [0.15, 0.2) is 42.5 Å². The van der Waals surface area contributed by atoms with Gasteiger partial charge in [0.1, 0.15) is 5.75 Å². The third kappa shape index (κ3) is 3.36. The molecule has 2 heteroatoms. The van der Waals surface area contributed by atoms with Gasteiger partial charge in [0, 0.05) is 0 Å². The summed E-state index contributed by atoms with van der Waals surface area (Å²) < 4.78 is 5.64. The highest BCUT2D eigenvalue weighted by atomic mass is 16.5. The Labute approximate surface area is 114 Å². The molecule has 0 atom stereocenters. The number of aliphatic hydroxyl groups is 1. The minimum atomic E-state index is 0.0713. The molecule has 0 spiro atoms. The van der Waals surface area contributed by atoms with E-state index in [0.29, 0.717) is 0 Å². The second kappa shape index (κ2) is 5.89. The molecular weight excluding hydrogens is 236 g/mol. The molecule has 0 fully saturated rings. The highest BCUT2D eigenvalue weighted by molar-refractivity contribution is 5.68. The Balaban J connectivity index is 2.31. The molecule has 0 aliphatic heterocycles. The third-order valence-corrected chi connectivity index (χ3v) is 3.02. The largest absolute Gasteiger partial charge is 0.491 e. The highest BCUT2D eigenvalue weighted by Crippen LogP contribution is 2.27. The van der Waals surface area contributed by atoms with Crippen molar-refractivity contribution in [2.24, 2.45) is 0 Å². The summed E-state index contributed by atoms with van der Waals surface area (Å²) in [6, 6.07) is 14.1. The molecule has 19 heavy (non-hydrogen) atoms. The Morgan fingerprint density at radius 1 is 1.05 bits per heavy atom. The predicted molar refractivity (Wildman–Crippen MR) is 78.3 cm³/mol. The van der Waals surface area contributed by atoms with Crippen molar-refractivity contribution in [2.45, 2.75) is 33.5 Å². The SMILES string of the molecule is Cc1ccc(CO)cc1-c1ccc(OC(C)C)cc1. The summed E-state index contributed by atoms with van der Waals surface area (Å²) in [6.45, 7) is 6.18. The Morgan fingerprint density at radius 3 is 2.32 bits per heavy atom. The molecule has 0 bridgehead atoms. The molecule has 0 heterocycles. The zero-order valence-corrected chi connectivity index (χ0v) is 11.7. The van der Waals surface area contributed by atoms with E-state index in [2.05, 4.69) is 19.1 Å². The molecule has 0 aliphatic rings. The molecule has 0 aromatic heterocycles. The van der Waals surface area contributed by atoms with Crippen LogP contribution in [0.5, 0.6) is 5.75 Å². The molecule has 0 saturated carbocycles. The minimum absolute atomic E-state index is 0.0713. The molecule has 2 aromatic rings. The summed E-state index contributed by atoms with van der Waals surface area (Å²) in [7, 11) is 0. The number of ether oxygens (including phenoxy) is 1. The summed E-state index contributed by atoms with van der Waals surface area (Å²) in [5, 5.41) is 9.22. The van der Waals surface area contributed by atoms with Crippen LogP contribution < -0.4 is 4.74 Å². The predicted octanol–water partition coefficient (Wildman–Crippen LogP) is 3.94. The fraction of sp³-hybridized carbons (Fsp3) is 0.294. The highest BCUT2D eigenvalue weighted by Gasteiger charge is 2.04. The van der Waals surface area contributed by atoms with Crippen LogP contribution in [-0.4, -0.2) is 11.2 Å². The van der Waals surface area contributed by atoms with Gasteiger partial charge in [-0.2, -0.15) is 0 Å². The lowest BCUT2D eigenvalue weighted by Crippen LogP contribution is -2.05. The summed E-state index contributed by atoms with van der Waals surface area (Å²) in [5.41, 5.74) is 4.43. The van der Waals surface area contributed by atoms with Gasteiger partial charge in [-0.15, -0.1) is 0 Å². The first kappa shape index (κ1) is 13.6. The van der Waals surface area contributed by atoms with Gasteiger partial charge in [0.15, 0.2) is 0 Å². The van der Waals surface area contributed by atoms with E-state index >= 15 is 0 Å². The number of hydrogen-bond acceptors (Lipinski definition) is 2. The summed E-state index contributed by atoms with van der Waals surface area (Å²) >= 11 is 0. The fourth-order valence-electron chi connectivity index (χ4n) is 2.06. The van der Waals surface area contributed by atoms with Crippen LogP contribution in [0.2, 0.25) is 0 Å². The van der Waals surface area contributed by atoms with Gasteiger partial charge in [0.2, 0.25) is 0 Å². The smallest absolute Gasteiger partial charge is 0.119 e. The van der Waals surface area contributed by atoms with E-state index in [0.717, 1.165) is 22.4 Å². The number of hydrogen-bond donors (Lipinski definition) is 1. The van der Waals surface area contributed by atoms with Crippen molar-refractivity contribution in [3.05, 3.63) is 53.6 Å². The van der Waals surface area contributed by atoms with E-state index in [1.807, 2.05) is 44.2 Å². The van der Waals surface area contributed by atoms with Crippen molar-refractivity contribution in [2.75, 3.05) is 0 Å². The van der Waals surface area contributed by atoms with Crippen LogP contribution in [0.3, 0.4) is 0 Å². The zero-order chi connectivity index (χ0) is 13.8. The first-order chi connectivity index (χ1) is 9.10. The van der Waals surface area contributed by atoms with Gasteiger partial charge < -0.3 is 9.84 Å². The van der Waals surface area contributed by atoms with Crippen LogP contribution in [-0.2, 0) is 6.61 Å². The molecule has 0 saturated heterocycles. The van der Waals surface area contributed by atoms with Gasteiger partial charge in [0.05, 0.1) is 12.7 Å². The Morgan fingerprint density at radius 2 is 1.74 bits per heavy atom. The van der Waals surface area contributed by atoms with Crippen molar-refractivity contribution in [1.82, 2.24) is 0 Å². The quantitative estimate of drug-likeness (QED) is 0.897. The summed E-state index contributed by atoms with van der Waals surface area (Å²) in [5.74, 6) is 0.884. The number of aryl methyl sites for hydroxylation is 1. The average Bonchev–Trinajstić information content (AvgIpc) is 2.40. The maximum absolute atomic E-state index is 9.22. The molecular formula is C17H20O2. The molecule has 1 N–H and O–H groups in total.